The van der Waals surface area contributed by atoms with Crippen LogP contribution in [-0.2, 0) is 12.8 Å². The summed E-state index contributed by atoms with van der Waals surface area (Å²) in [7, 11) is 2.04. The van der Waals surface area contributed by atoms with Gasteiger partial charge in [-0.2, -0.15) is 0 Å². The average molecular weight is 314 g/mol. The van der Waals surface area contributed by atoms with Crippen LogP contribution in [0.4, 0.5) is 5.95 Å². The molecule has 1 aliphatic rings. The van der Waals surface area contributed by atoms with Crippen LogP contribution >= 0.6 is 11.6 Å². The summed E-state index contributed by atoms with van der Waals surface area (Å²) in [5, 5.41) is 0.559. The molecule has 0 saturated carbocycles. The summed E-state index contributed by atoms with van der Waals surface area (Å²) in [5.74, 6) is 0.714. The van der Waals surface area contributed by atoms with Crippen LogP contribution < -0.4 is 4.90 Å². The van der Waals surface area contributed by atoms with Gasteiger partial charge in [0.15, 0.2) is 0 Å². The molecule has 0 bridgehead atoms. The molecule has 3 heterocycles. The number of aromatic nitrogens is 4. The predicted molar refractivity (Wildman–Crippen MR) is 87.4 cm³/mol. The Balaban J connectivity index is 1.64. The first kappa shape index (κ1) is 13.5. The van der Waals surface area contributed by atoms with Gasteiger partial charge in [0.25, 0.3) is 0 Å². The molecule has 112 valence electrons. The number of nitrogens with one attached hydrogen (secondary N) is 1. The summed E-state index contributed by atoms with van der Waals surface area (Å²) in [4.78, 5) is 18.8. The van der Waals surface area contributed by atoms with Crippen LogP contribution in [0.15, 0.2) is 30.7 Å². The number of fused-ring (bicyclic) bond motifs is 3. The number of aryl methyl sites for hydroxylation is 1. The maximum absolute atomic E-state index is 5.86. The number of H-pyrrole nitrogens is 1. The third-order valence-electron chi connectivity index (χ3n) is 4.38. The zero-order valence-corrected chi connectivity index (χ0v) is 13.0. The summed E-state index contributed by atoms with van der Waals surface area (Å²) in [6.45, 7) is 0. The van der Waals surface area contributed by atoms with E-state index in [2.05, 4.69) is 30.9 Å². The first-order valence-corrected chi connectivity index (χ1v) is 7.75. The molecule has 3 aromatic heterocycles. The number of pyridine rings is 1. The van der Waals surface area contributed by atoms with E-state index in [4.69, 9.17) is 11.6 Å². The van der Waals surface area contributed by atoms with Crippen molar-refractivity contribution in [3.63, 3.8) is 0 Å². The molecule has 0 amide bonds. The van der Waals surface area contributed by atoms with Crippen LogP contribution in [0, 0.1) is 0 Å². The minimum Gasteiger partial charge on any atom is -0.357 e. The summed E-state index contributed by atoms with van der Waals surface area (Å²) in [6.07, 6.45) is 8.18. The third-order valence-corrected chi connectivity index (χ3v) is 4.58. The molecule has 22 heavy (non-hydrogen) atoms. The predicted octanol–water partition coefficient (Wildman–Crippen LogP) is 3.00. The van der Waals surface area contributed by atoms with Crippen molar-refractivity contribution in [3.8, 4) is 0 Å². The molecule has 0 aromatic carbocycles. The normalized spacial score (nSPS) is 17.5. The Morgan fingerprint density at radius 3 is 2.91 bits per heavy atom. The van der Waals surface area contributed by atoms with Gasteiger partial charge in [0.2, 0.25) is 5.95 Å². The standard InChI is InChI=1S/C16H16ClN5/c1-22(16-19-8-10(17)9-20-16)11-4-5-13-12(7-11)15-14(21-13)3-2-6-18-15/h2-3,6,8-9,11,21H,4-5,7H2,1H3. The van der Waals surface area contributed by atoms with E-state index in [1.807, 2.05) is 19.3 Å². The van der Waals surface area contributed by atoms with Crippen molar-refractivity contribution >= 4 is 28.6 Å². The quantitative estimate of drug-likeness (QED) is 0.790. The van der Waals surface area contributed by atoms with Crippen molar-refractivity contribution in [2.75, 3.05) is 11.9 Å². The smallest absolute Gasteiger partial charge is 0.225 e. The second-order valence-corrected chi connectivity index (χ2v) is 6.13. The molecule has 1 atom stereocenters. The first-order chi connectivity index (χ1) is 10.7. The lowest BCUT2D eigenvalue weighted by atomic mass is 9.92. The highest BCUT2D eigenvalue weighted by atomic mass is 35.5. The molecule has 5 nitrogen and oxygen atoms in total. The molecule has 0 aliphatic heterocycles. The molecule has 6 heteroatoms. The zero-order valence-electron chi connectivity index (χ0n) is 12.3. The van der Waals surface area contributed by atoms with E-state index in [0.29, 0.717) is 17.0 Å². The Labute approximate surface area is 133 Å². The van der Waals surface area contributed by atoms with E-state index in [-0.39, 0.29) is 0 Å². The van der Waals surface area contributed by atoms with E-state index < -0.39 is 0 Å². The van der Waals surface area contributed by atoms with E-state index in [1.165, 1.54) is 11.3 Å². The Morgan fingerprint density at radius 1 is 1.27 bits per heavy atom. The summed E-state index contributed by atoms with van der Waals surface area (Å²) < 4.78 is 0. The van der Waals surface area contributed by atoms with Crippen molar-refractivity contribution in [1.29, 1.82) is 0 Å². The topological polar surface area (TPSA) is 57.7 Å². The molecule has 4 rings (SSSR count). The molecular weight excluding hydrogens is 298 g/mol. The van der Waals surface area contributed by atoms with Gasteiger partial charge < -0.3 is 9.88 Å². The van der Waals surface area contributed by atoms with E-state index in [0.717, 1.165) is 30.3 Å². The van der Waals surface area contributed by atoms with Gasteiger partial charge in [-0.15, -0.1) is 0 Å². The second kappa shape index (κ2) is 5.25. The van der Waals surface area contributed by atoms with E-state index >= 15 is 0 Å². The van der Waals surface area contributed by atoms with Crippen LogP contribution in [0.25, 0.3) is 11.0 Å². The Morgan fingerprint density at radius 2 is 2.09 bits per heavy atom. The molecule has 1 unspecified atom stereocenters. The maximum atomic E-state index is 5.86. The number of likely N-dealkylation sites (N-methyl/N-ethyl adjacent to an activating group) is 1. The van der Waals surface area contributed by atoms with Gasteiger partial charge in [-0.05, 0) is 31.4 Å². The monoisotopic (exact) mass is 313 g/mol. The lowest BCUT2D eigenvalue weighted by Gasteiger charge is -2.31. The van der Waals surface area contributed by atoms with Gasteiger partial charge in [0, 0.05) is 30.5 Å². The van der Waals surface area contributed by atoms with Crippen molar-refractivity contribution in [1.82, 2.24) is 19.9 Å². The van der Waals surface area contributed by atoms with Crippen LogP contribution in [0.1, 0.15) is 17.7 Å². The largest absolute Gasteiger partial charge is 0.357 e. The molecule has 3 aromatic rings. The minimum atomic E-state index is 0.370. The van der Waals surface area contributed by atoms with Crippen LogP contribution in [0.2, 0.25) is 5.02 Å². The number of halogens is 1. The molecule has 0 fully saturated rings. The number of hydrogen-bond donors (Lipinski definition) is 1. The van der Waals surface area contributed by atoms with Crippen LogP contribution in [-0.4, -0.2) is 33.0 Å². The SMILES string of the molecule is CN(c1ncc(Cl)cn1)C1CCc2[nH]c3cccnc3c2C1. The summed E-state index contributed by atoms with van der Waals surface area (Å²) in [5.41, 5.74) is 4.86. The van der Waals surface area contributed by atoms with Gasteiger partial charge in [-0.1, -0.05) is 11.6 Å². The third kappa shape index (κ3) is 2.22. The van der Waals surface area contributed by atoms with Crippen LogP contribution in [0.3, 0.4) is 0 Å². The lowest BCUT2D eigenvalue weighted by Crippen LogP contribution is -2.37. The molecule has 0 radical (unpaired) electrons. The van der Waals surface area contributed by atoms with Gasteiger partial charge in [-0.3, -0.25) is 4.98 Å². The highest BCUT2D eigenvalue weighted by Crippen LogP contribution is 2.30. The van der Waals surface area contributed by atoms with Crippen molar-refractivity contribution in [3.05, 3.63) is 47.0 Å². The highest BCUT2D eigenvalue weighted by Gasteiger charge is 2.26. The fourth-order valence-electron chi connectivity index (χ4n) is 3.19. The fourth-order valence-corrected chi connectivity index (χ4v) is 3.29. The molecular formula is C16H16ClN5. The van der Waals surface area contributed by atoms with Crippen LogP contribution in [0.5, 0.6) is 0 Å². The van der Waals surface area contributed by atoms with Gasteiger partial charge >= 0.3 is 0 Å². The molecule has 1 aliphatic carbocycles. The Kier molecular flexibility index (Phi) is 3.22. The second-order valence-electron chi connectivity index (χ2n) is 5.69. The van der Waals surface area contributed by atoms with Crippen molar-refractivity contribution < 1.29 is 0 Å². The Bertz CT molecular complexity index is 811. The summed E-state index contributed by atoms with van der Waals surface area (Å²) in [6, 6.07) is 4.42. The number of nitrogens with zero attached hydrogens (tertiary/aromatic N) is 4. The Hall–Kier alpha value is -2.14. The van der Waals surface area contributed by atoms with E-state index in [9.17, 15) is 0 Å². The number of aromatic amines is 1. The highest BCUT2D eigenvalue weighted by molar-refractivity contribution is 6.30. The van der Waals surface area contributed by atoms with Gasteiger partial charge in [0.1, 0.15) is 0 Å². The van der Waals surface area contributed by atoms with E-state index in [1.54, 1.807) is 12.4 Å². The molecule has 0 spiro atoms. The summed E-state index contributed by atoms with van der Waals surface area (Å²) >= 11 is 5.86. The first-order valence-electron chi connectivity index (χ1n) is 7.37. The number of rotatable bonds is 2. The maximum Gasteiger partial charge on any atom is 0.225 e. The lowest BCUT2D eigenvalue weighted by molar-refractivity contribution is 0.538. The number of hydrogen-bond acceptors (Lipinski definition) is 4. The average Bonchev–Trinajstić information content (AvgIpc) is 2.92. The number of anilines is 1. The van der Waals surface area contributed by atoms with Gasteiger partial charge in [0.05, 0.1) is 28.4 Å². The fraction of sp³-hybridized carbons (Fsp3) is 0.312. The van der Waals surface area contributed by atoms with Crippen molar-refractivity contribution in [2.24, 2.45) is 0 Å². The minimum absolute atomic E-state index is 0.370. The zero-order chi connectivity index (χ0) is 15.1. The van der Waals surface area contributed by atoms with Gasteiger partial charge in [-0.25, -0.2) is 9.97 Å². The van der Waals surface area contributed by atoms with Crippen molar-refractivity contribution in [2.45, 2.75) is 25.3 Å². The molecule has 1 N–H and O–H groups in total. The molecule has 0 saturated heterocycles.